The molecule has 2 aromatic carbocycles. The molecule has 0 aliphatic carbocycles. The van der Waals surface area contributed by atoms with Crippen molar-refractivity contribution in [3.8, 4) is 11.4 Å². The van der Waals surface area contributed by atoms with Gasteiger partial charge in [0.2, 0.25) is 0 Å². The van der Waals surface area contributed by atoms with Gasteiger partial charge in [0, 0.05) is 24.8 Å². The van der Waals surface area contributed by atoms with Crippen LogP contribution in [0.4, 0.5) is 4.39 Å². The van der Waals surface area contributed by atoms with E-state index < -0.39 is 5.82 Å². The molecule has 0 unspecified atom stereocenters. The van der Waals surface area contributed by atoms with E-state index in [-0.39, 0.29) is 11.6 Å². The summed E-state index contributed by atoms with van der Waals surface area (Å²) in [5.74, 6) is 0.0686. The molecule has 3 rings (SSSR count). The topological polar surface area (TPSA) is 47.4 Å². The lowest BCUT2D eigenvalue weighted by Crippen LogP contribution is -2.29. The minimum absolute atomic E-state index is 0.229. The minimum atomic E-state index is -0.397. The number of hydrogen-bond donors (Lipinski definition) is 0. The average Bonchev–Trinajstić information content (AvgIpc) is 3.15. The van der Waals surface area contributed by atoms with Crippen LogP contribution in [0.5, 0.6) is 5.75 Å². The zero-order valence-electron chi connectivity index (χ0n) is 14.8. The first-order chi connectivity index (χ1) is 13.0. The van der Waals surface area contributed by atoms with Crippen molar-refractivity contribution in [1.29, 1.82) is 0 Å². The SMILES string of the molecule is CN(CCCOc1cccc(Cl)c1)C(=O)c1ccn(-c2ccccc2F)n1. The van der Waals surface area contributed by atoms with Gasteiger partial charge in [-0.1, -0.05) is 29.8 Å². The lowest BCUT2D eigenvalue weighted by molar-refractivity contribution is 0.0781. The van der Waals surface area contributed by atoms with Gasteiger partial charge in [-0.2, -0.15) is 5.10 Å². The predicted octanol–water partition coefficient (Wildman–Crippen LogP) is 4.21. The monoisotopic (exact) mass is 387 g/mol. The van der Waals surface area contributed by atoms with Crippen molar-refractivity contribution in [2.45, 2.75) is 6.42 Å². The van der Waals surface area contributed by atoms with Crippen molar-refractivity contribution >= 4 is 17.5 Å². The van der Waals surface area contributed by atoms with Crippen molar-refractivity contribution in [3.63, 3.8) is 0 Å². The number of nitrogens with zero attached hydrogens (tertiary/aromatic N) is 3. The fourth-order valence-corrected chi connectivity index (χ4v) is 2.74. The number of ether oxygens (including phenoxy) is 1. The number of hydrogen-bond acceptors (Lipinski definition) is 3. The van der Waals surface area contributed by atoms with E-state index in [1.165, 1.54) is 10.7 Å². The van der Waals surface area contributed by atoms with Crippen LogP contribution in [0.1, 0.15) is 16.9 Å². The first kappa shape index (κ1) is 18.9. The van der Waals surface area contributed by atoms with Gasteiger partial charge in [0.25, 0.3) is 5.91 Å². The van der Waals surface area contributed by atoms with Crippen molar-refractivity contribution in [2.75, 3.05) is 20.2 Å². The highest BCUT2D eigenvalue weighted by Crippen LogP contribution is 2.17. The van der Waals surface area contributed by atoms with E-state index in [9.17, 15) is 9.18 Å². The summed E-state index contributed by atoms with van der Waals surface area (Å²) < 4.78 is 20.8. The van der Waals surface area contributed by atoms with Crippen molar-refractivity contribution in [2.24, 2.45) is 0 Å². The molecule has 0 spiro atoms. The molecule has 0 N–H and O–H groups in total. The molecule has 3 aromatic rings. The molecule has 0 atom stereocenters. The molecule has 140 valence electrons. The number of amides is 1. The van der Waals surface area contributed by atoms with E-state index in [1.54, 1.807) is 54.5 Å². The molecule has 27 heavy (non-hydrogen) atoms. The maximum absolute atomic E-state index is 13.8. The maximum atomic E-state index is 13.8. The highest BCUT2D eigenvalue weighted by Gasteiger charge is 2.15. The Morgan fingerprint density at radius 1 is 1.22 bits per heavy atom. The Hall–Kier alpha value is -2.86. The van der Waals surface area contributed by atoms with E-state index in [4.69, 9.17) is 16.3 Å². The maximum Gasteiger partial charge on any atom is 0.274 e. The Morgan fingerprint density at radius 2 is 2.04 bits per heavy atom. The molecule has 0 saturated carbocycles. The largest absolute Gasteiger partial charge is 0.493 e. The number of para-hydroxylation sites is 1. The highest BCUT2D eigenvalue weighted by atomic mass is 35.5. The second-order valence-electron chi connectivity index (χ2n) is 5.98. The van der Waals surface area contributed by atoms with Crippen molar-refractivity contribution in [3.05, 3.63) is 77.3 Å². The van der Waals surface area contributed by atoms with Gasteiger partial charge in [0.05, 0.1) is 6.61 Å². The van der Waals surface area contributed by atoms with Crippen LogP contribution in [0.15, 0.2) is 60.8 Å². The normalized spacial score (nSPS) is 10.6. The predicted molar refractivity (Wildman–Crippen MR) is 102 cm³/mol. The Bertz CT molecular complexity index is 929. The fraction of sp³-hybridized carbons (Fsp3) is 0.200. The smallest absolute Gasteiger partial charge is 0.274 e. The molecule has 0 radical (unpaired) electrons. The third kappa shape index (κ3) is 4.86. The lowest BCUT2D eigenvalue weighted by atomic mass is 10.3. The van der Waals surface area contributed by atoms with E-state index in [0.717, 1.165) is 0 Å². The van der Waals surface area contributed by atoms with Gasteiger partial charge in [0.1, 0.15) is 17.3 Å². The van der Waals surface area contributed by atoms with Crippen molar-refractivity contribution < 1.29 is 13.9 Å². The van der Waals surface area contributed by atoms with E-state index in [0.29, 0.717) is 36.0 Å². The standard InChI is InChI=1S/C20H19ClFN3O2/c1-24(11-5-13-27-16-7-4-6-15(21)14-16)20(26)18-10-12-25(23-18)19-9-3-2-8-17(19)22/h2-4,6-10,12,14H,5,11,13H2,1H3. The van der Waals surface area contributed by atoms with Crippen molar-refractivity contribution in [1.82, 2.24) is 14.7 Å². The number of carbonyl (C=O) groups excluding carboxylic acids is 1. The Morgan fingerprint density at radius 3 is 2.81 bits per heavy atom. The van der Waals surface area contributed by atoms with Gasteiger partial charge in [-0.3, -0.25) is 4.79 Å². The Balaban J connectivity index is 1.52. The van der Waals surface area contributed by atoms with E-state index >= 15 is 0 Å². The third-order valence-corrected chi connectivity index (χ3v) is 4.19. The van der Waals surface area contributed by atoms with Crippen LogP contribution in [0, 0.1) is 5.82 Å². The molecular weight excluding hydrogens is 369 g/mol. The van der Waals surface area contributed by atoms with Gasteiger partial charge >= 0.3 is 0 Å². The van der Waals surface area contributed by atoms with Crippen LogP contribution in [-0.4, -0.2) is 40.8 Å². The molecule has 0 aliphatic rings. The summed E-state index contributed by atoms with van der Waals surface area (Å²) in [5.41, 5.74) is 0.561. The molecule has 0 fully saturated rings. The minimum Gasteiger partial charge on any atom is -0.493 e. The Kier molecular flexibility index (Phi) is 6.08. The first-order valence-corrected chi connectivity index (χ1v) is 8.87. The van der Waals surface area contributed by atoms with Crippen LogP contribution < -0.4 is 4.74 Å². The average molecular weight is 388 g/mol. The van der Waals surface area contributed by atoms with Crippen LogP contribution in [0.3, 0.4) is 0 Å². The van der Waals surface area contributed by atoms with Gasteiger partial charge in [0.15, 0.2) is 5.69 Å². The molecule has 1 aromatic heterocycles. The van der Waals surface area contributed by atoms with Gasteiger partial charge < -0.3 is 9.64 Å². The fourth-order valence-electron chi connectivity index (χ4n) is 2.56. The summed E-state index contributed by atoms with van der Waals surface area (Å²) in [6, 6.07) is 15.0. The number of halogens is 2. The van der Waals surface area contributed by atoms with Crippen LogP contribution in [-0.2, 0) is 0 Å². The number of aromatic nitrogens is 2. The number of rotatable bonds is 7. The molecule has 1 amide bonds. The summed E-state index contributed by atoms with van der Waals surface area (Å²) in [7, 11) is 1.70. The second-order valence-corrected chi connectivity index (χ2v) is 6.42. The molecular formula is C20H19ClFN3O2. The molecule has 5 nitrogen and oxygen atoms in total. The summed E-state index contributed by atoms with van der Waals surface area (Å²) in [5, 5.41) is 4.80. The number of benzene rings is 2. The molecule has 0 aliphatic heterocycles. The third-order valence-electron chi connectivity index (χ3n) is 3.96. The van der Waals surface area contributed by atoms with Gasteiger partial charge in [-0.25, -0.2) is 9.07 Å². The molecule has 1 heterocycles. The highest BCUT2D eigenvalue weighted by molar-refractivity contribution is 6.30. The van der Waals surface area contributed by atoms with E-state index in [1.807, 2.05) is 12.1 Å². The summed E-state index contributed by atoms with van der Waals surface area (Å²) in [6.45, 7) is 0.966. The number of carbonyl (C=O) groups is 1. The zero-order chi connectivity index (χ0) is 19.2. The Labute approximate surface area is 161 Å². The van der Waals surface area contributed by atoms with Crippen LogP contribution in [0.2, 0.25) is 5.02 Å². The summed E-state index contributed by atoms with van der Waals surface area (Å²) >= 11 is 5.91. The molecule has 0 saturated heterocycles. The quantitative estimate of drug-likeness (QED) is 0.571. The van der Waals surface area contributed by atoms with Crippen LogP contribution in [0.25, 0.3) is 5.69 Å². The summed E-state index contributed by atoms with van der Waals surface area (Å²) in [4.78, 5) is 14.0. The zero-order valence-corrected chi connectivity index (χ0v) is 15.6. The summed E-state index contributed by atoms with van der Waals surface area (Å²) in [6.07, 6.45) is 2.23. The van der Waals surface area contributed by atoms with Crippen LogP contribution >= 0.6 is 11.6 Å². The van der Waals surface area contributed by atoms with E-state index in [2.05, 4.69) is 5.10 Å². The lowest BCUT2D eigenvalue weighted by Gasteiger charge is -2.16. The first-order valence-electron chi connectivity index (χ1n) is 8.49. The van der Waals surface area contributed by atoms with Gasteiger partial charge in [-0.15, -0.1) is 0 Å². The van der Waals surface area contributed by atoms with Gasteiger partial charge in [-0.05, 0) is 42.8 Å². The molecule has 7 heteroatoms. The molecule has 0 bridgehead atoms. The second kappa shape index (κ2) is 8.68.